The average Bonchev–Trinajstić information content (AvgIpc) is 3.33. The summed E-state index contributed by atoms with van der Waals surface area (Å²) < 4.78 is 22.0. The second-order valence-corrected chi connectivity index (χ2v) is 6.34. The Morgan fingerprint density at radius 1 is 1.20 bits per heavy atom. The van der Waals surface area contributed by atoms with E-state index < -0.39 is 11.9 Å². The Balaban J connectivity index is 1.54. The monoisotopic (exact) mass is 334 g/mol. The second-order valence-electron chi connectivity index (χ2n) is 6.34. The molecule has 0 fully saturated rings. The van der Waals surface area contributed by atoms with E-state index in [9.17, 15) is 9.50 Å². The quantitative estimate of drug-likeness (QED) is 0.602. The third-order valence-electron chi connectivity index (χ3n) is 5.00. The van der Waals surface area contributed by atoms with Crippen molar-refractivity contribution in [3.05, 3.63) is 78.2 Å². The maximum Gasteiger partial charge on any atom is 0.140 e. The molecule has 3 heterocycles. The highest BCUT2D eigenvalue weighted by atomic mass is 19.1. The highest BCUT2D eigenvalue weighted by Gasteiger charge is 2.31. The van der Waals surface area contributed by atoms with Crippen molar-refractivity contribution in [3.8, 4) is 11.3 Å². The summed E-state index contributed by atoms with van der Waals surface area (Å²) in [5.41, 5.74) is 4.04. The van der Waals surface area contributed by atoms with Crippen molar-refractivity contribution in [1.29, 1.82) is 0 Å². The largest absolute Gasteiger partial charge is 0.464 e. The minimum absolute atomic E-state index is 0.0665. The summed E-state index contributed by atoms with van der Waals surface area (Å²) in [6.07, 6.45) is 4.49. The fourth-order valence-electron chi connectivity index (χ4n) is 3.79. The molecule has 4 nitrogen and oxygen atoms in total. The Morgan fingerprint density at radius 3 is 3.00 bits per heavy atom. The number of rotatable bonds is 3. The van der Waals surface area contributed by atoms with Gasteiger partial charge in [0.15, 0.2) is 0 Å². The second kappa shape index (κ2) is 5.29. The number of aliphatic hydroxyl groups excluding tert-OH is 1. The first-order valence-electron chi connectivity index (χ1n) is 8.19. The molecule has 124 valence electrons. The molecule has 2 aromatic heterocycles. The van der Waals surface area contributed by atoms with Gasteiger partial charge in [0.05, 0.1) is 42.0 Å². The highest BCUT2D eigenvalue weighted by molar-refractivity contribution is 5.78. The minimum Gasteiger partial charge on any atom is -0.464 e. The van der Waals surface area contributed by atoms with Crippen LogP contribution in [0.1, 0.15) is 29.7 Å². The topological polar surface area (TPSA) is 51.2 Å². The van der Waals surface area contributed by atoms with E-state index in [1.54, 1.807) is 24.5 Å². The molecular formula is C20H15FN2O2. The van der Waals surface area contributed by atoms with Crippen molar-refractivity contribution in [2.24, 2.45) is 0 Å². The Kier molecular flexibility index (Phi) is 3.05. The molecular weight excluding hydrogens is 319 g/mol. The van der Waals surface area contributed by atoms with Crippen LogP contribution in [0, 0.1) is 5.82 Å². The zero-order chi connectivity index (χ0) is 17.0. The summed E-state index contributed by atoms with van der Waals surface area (Å²) in [5.74, 6) is -0.420. The third kappa shape index (κ3) is 2.06. The summed E-state index contributed by atoms with van der Waals surface area (Å²) in [4.78, 5) is 4.22. The summed E-state index contributed by atoms with van der Waals surface area (Å²) in [6.45, 7) is 0. The van der Waals surface area contributed by atoms with Gasteiger partial charge >= 0.3 is 0 Å². The Morgan fingerprint density at radius 2 is 2.08 bits per heavy atom. The lowest BCUT2D eigenvalue weighted by Crippen LogP contribution is -2.11. The van der Waals surface area contributed by atoms with Crippen molar-refractivity contribution in [2.45, 2.75) is 18.6 Å². The SMILES string of the molecule is OC(CC1c2ccccc2-c2cncn21)c1ccc2occc2c1F. The average molecular weight is 334 g/mol. The van der Waals surface area contributed by atoms with Gasteiger partial charge in [0.25, 0.3) is 0 Å². The molecule has 4 aromatic rings. The predicted molar refractivity (Wildman–Crippen MR) is 91.6 cm³/mol. The van der Waals surface area contributed by atoms with E-state index in [-0.39, 0.29) is 6.04 Å². The van der Waals surface area contributed by atoms with E-state index in [1.165, 1.54) is 6.26 Å². The molecule has 0 saturated carbocycles. The van der Waals surface area contributed by atoms with Gasteiger partial charge in [-0.05, 0) is 23.8 Å². The number of furan rings is 1. The van der Waals surface area contributed by atoms with E-state index >= 15 is 0 Å². The number of benzene rings is 2. The van der Waals surface area contributed by atoms with Crippen LogP contribution in [-0.4, -0.2) is 14.7 Å². The zero-order valence-electron chi connectivity index (χ0n) is 13.3. The number of aliphatic hydroxyl groups is 1. The molecule has 0 bridgehead atoms. The van der Waals surface area contributed by atoms with Crippen LogP contribution < -0.4 is 0 Å². The molecule has 5 rings (SSSR count). The Labute approximate surface area is 143 Å². The highest BCUT2D eigenvalue weighted by Crippen LogP contribution is 2.43. The fraction of sp³-hybridized carbons (Fsp3) is 0.150. The van der Waals surface area contributed by atoms with E-state index in [0.717, 1.165) is 16.8 Å². The lowest BCUT2D eigenvalue weighted by atomic mass is 9.95. The van der Waals surface area contributed by atoms with Crippen LogP contribution in [-0.2, 0) is 0 Å². The summed E-state index contributed by atoms with van der Waals surface area (Å²) >= 11 is 0. The number of fused-ring (bicyclic) bond motifs is 4. The molecule has 0 radical (unpaired) electrons. The van der Waals surface area contributed by atoms with Crippen molar-refractivity contribution in [1.82, 2.24) is 9.55 Å². The maximum atomic E-state index is 14.7. The van der Waals surface area contributed by atoms with Gasteiger partial charge in [-0.25, -0.2) is 9.37 Å². The van der Waals surface area contributed by atoms with Gasteiger partial charge in [0.1, 0.15) is 11.4 Å². The molecule has 2 atom stereocenters. The molecule has 1 aliphatic heterocycles. The van der Waals surface area contributed by atoms with Gasteiger partial charge in [-0.3, -0.25) is 0 Å². The molecule has 5 heteroatoms. The normalized spacial score (nSPS) is 16.8. The molecule has 0 amide bonds. The number of halogens is 1. The van der Waals surface area contributed by atoms with E-state index in [0.29, 0.717) is 23.0 Å². The smallest absolute Gasteiger partial charge is 0.140 e. The Bertz CT molecular complexity index is 1080. The number of nitrogens with zero attached hydrogens (tertiary/aromatic N) is 2. The van der Waals surface area contributed by atoms with E-state index in [1.807, 2.05) is 29.0 Å². The van der Waals surface area contributed by atoms with Gasteiger partial charge < -0.3 is 14.1 Å². The first-order valence-corrected chi connectivity index (χ1v) is 8.19. The number of hydrogen-bond donors (Lipinski definition) is 1. The van der Waals surface area contributed by atoms with Crippen molar-refractivity contribution in [3.63, 3.8) is 0 Å². The summed E-state index contributed by atoms with van der Waals surface area (Å²) in [7, 11) is 0. The third-order valence-corrected chi connectivity index (χ3v) is 5.00. The van der Waals surface area contributed by atoms with Crippen LogP contribution in [0.3, 0.4) is 0 Å². The van der Waals surface area contributed by atoms with Gasteiger partial charge in [0.2, 0.25) is 0 Å². The van der Waals surface area contributed by atoms with Crippen LogP contribution >= 0.6 is 0 Å². The lowest BCUT2D eigenvalue weighted by Gasteiger charge is -2.19. The fourth-order valence-corrected chi connectivity index (χ4v) is 3.79. The molecule has 2 unspecified atom stereocenters. The van der Waals surface area contributed by atoms with Crippen molar-refractivity contribution >= 4 is 11.0 Å². The van der Waals surface area contributed by atoms with Gasteiger partial charge in [-0.1, -0.05) is 24.3 Å². The van der Waals surface area contributed by atoms with Crippen molar-refractivity contribution < 1.29 is 13.9 Å². The molecule has 0 aliphatic carbocycles. The number of imidazole rings is 1. The molecule has 2 aromatic carbocycles. The first-order chi connectivity index (χ1) is 12.2. The number of aromatic nitrogens is 2. The van der Waals surface area contributed by atoms with Crippen molar-refractivity contribution in [2.75, 3.05) is 0 Å². The molecule has 0 saturated heterocycles. The van der Waals surface area contributed by atoms with Gasteiger partial charge in [-0.15, -0.1) is 0 Å². The minimum atomic E-state index is -0.925. The van der Waals surface area contributed by atoms with Crippen LogP contribution in [0.4, 0.5) is 4.39 Å². The van der Waals surface area contributed by atoms with Gasteiger partial charge in [0, 0.05) is 17.5 Å². The standard InChI is InChI=1S/C20H15FN2O2/c21-20-14(5-6-19-15(20)7-8-25-19)18(24)9-16-12-3-1-2-4-13(12)17-10-22-11-23(16)17/h1-8,10-11,16,18,24H,9H2. The Hall–Kier alpha value is -2.92. The molecule has 1 aliphatic rings. The first kappa shape index (κ1) is 14.4. The van der Waals surface area contributed by atoms with Crippen LogP contribution in [0.2, 0.25) is 0 Å². The van der Waals surface area contributed by atoms with Gasteiger partial charge in [-0.2, -0.15) is 0 Å². The summed E-state index contributed by atoms with van der Waals surface area (Å²) in [6, 6.07) is 12.9. The predicted octanol–water partition coefficient (Wildman–Crippen LogP) is 4.46. The molecule has 0 spiro atoms. The van der Waals surface area contributed by atoms with Crippen LogP contribution in [0.15, 0.2) is 65.7 Å². The number of hydrogen-bond acceptors (Lipinski definition) is 3. The molecule has 1 N–H and O–H groups in total. The lowest BCUT2D eigenvalue weighted by molar-refractivity contribution is 0.150. The van der Waals surface area contributed by atoms with E-state index in [4.69, 9.17) is 4.42 Å². The van der Waals surface area contributed by atoms with Crippen LogP contribution in [0.5, 0.6) is 0 Å². The summed E-state index contributed by atoms with van der Waals surface area (Å²) in [5, 5.41) is 11.1. The van der Waals surface area contributed by atoms with Crippen LogP contribution in [0.25, 0.3) is 22.2 Å². The maximum absolute atomic E-state index is 14.7. The van der Waals surface area contributed by atoms with E-state index in [2.05, 4.69) is 11.1 Å². The molecule has 25 heavy (non-hydrogen) atoms. The zero-order valence-corrected chi connectivity index (χ0v) is 13.3.